The molecule has 0 aliphatic heterocycles. The van der Waals surface area contributed by atoms with Crippen molar-refractivity contribution in [2.45, 2.75) is 37.5 Å². The van der Waals surface area contributed by atoms with Gasteiger partial charge < -0.3 is 5.73 Å². The lowest BCUT2D eigenvalue weighted by Gasteiger charge is -2.27. The van der Waals surface area contributed by atoms with Crippen LogP contribution in [0.15, 0.2) is 30.3 Å². The topological polar surface area (TPSA) is 26.0 Å². The van der Waals surface area contributed by atoms with Crippen LogP contribution in [-0.2, 0) is 5.41 Å². The van der Waals surface area contributed by atoms with Crippen molar-refractivity contribution in [1.82, 2.24) is 0 Å². The van der Waals surface area contributed by atoms with Gasteiger partial charge >= 0.3 is 0 Å². The van der Waals surface area contributed by atoms with Crippen molar-refractivity contribution >= 4 is 0 Å². The highest BCUT2D eigenvalue weighted by molar-refractivity contribution is 5.37. The molecule has 0 unspecified atom stereocenters. The van der Waals surface area contributed by atoms with E-state index < -0.39 is 0 Å². The third-order valence-electron chi connectivity index (χ3n) is 4.57. The van der Waals surface area contributed by atoms with E-state index in [-0.39, 0.29) is 0 Å². The molecular formula is C14H19N. The first-order valence-corrected chi connectivity index (χ1v) is 6.09. The summed E-state index contributed by atoms with van der Waals surface area (Å²) in [5.41, 5.74) is 8.43. The van der Waals surface area contributed by atoms with E-state index in [1.807, 2.05) is 0 Å². The van der Waals surface area contributed by atoms with Crippen LogP contribution in [0.3, 0.4) is 0 Å². The molecule has 0 atom stereocenters. The van der Waals surface area contributed by atoms with Crippen LogP contribution in [0.25, 0.3) is 0 Å². The second kappa shape index (κ2) is 3.08. The molecule has 3 rings (SSSR count). The zero-order valence-corrected chi connectivity index (χ0v) is 9.21. The molecular weight excluding hydrogens is 182 g/mol. The van der Waals surface area contributed by atoms with E-state index in [4.69, 9.17) is 5.73 Å². The Bertz CT molecular complexity index is 347. The summed E-state index contributed by atoms with van der Waals surface area (Å²) in [6, 6.07) is 11.1. The Hall–Kier alpha value is -0.820. The maximum Gasteiger partial charge on any atom is 0.00105 e. The standard InChI is InChI=1S/C14H19N/c15-11-10-13(6-7-13)14(8-9-14)12-4-2-1-3-5-12/h1-5H,6-11,15H2. The average molecular weight is 201 g/mol. The smallest absolute Gasteiger partial charge is 0.00105 e. The Morgan fingerprint density at radius 2 is 1.67 bits per heavy atom. The average Bonchev–Trinajstić information content (AvgIpc) is 3.14. The van der Waals surface area contributed by atoms with E-state index in [1.54, 1.807) is 5.56 Å². The minimum Gasteiger partial charge on any atom is -0.330 e. The normalized spacial score (nSPS) is 24.9. The van der Waals surface area contributed by atoms with Gasteiger partial charge in [-0.05, 0) is 49.6 Å². The molecule has 1 nitrogen and oxygen atoms in total. The lowest BCUT2D eigenvalue weighted by molar-refractivity contribution is 0.355. The second-order valence-corrected chi connectivity index (χ2v) is 5.27. The highest BCUT2D eigenvalue weighted by Gasteiger charge is 2.64. The molecule has 2 N–H and O–H groups in total. The predicted octanol–water partition coefficient (Wildman–Crippen LogP) is 2.85. The van der Waals surface area contributed by atoms with Gasteiger partial charge in [-0.1, -0.05) is 30.3 Å². The van der Waals surface area contributed by atoms with Gasteiger partial charge in [0, 0.05) is 5.41 Å². The molecule has 1 aromatic carbocycles. The van der Waals surface area contributed by atoms with Crippen molar-refractivity contribution in [3.63, 3.8) is 0 Å². The van der Waals surface area contributed by atoms with E-state index >= 15 is 0 Å². The minimum absolute atomic E-state index is 0.521. The maximum absolute atomic E-state index is 5.76. The monoisotopic (exact) mass is 201 g/mol. The molecule has 2 aliphatic rings. The summed E-state index contributed by atoms with van der Waals surface area (Å²) < 4.78 is 0. The fourth-order valence-corrected chi connectivity index (χ4v) is 3.40. The molecule has 2 saturated carbocycles. The Morgan fingerprint density at radius 1 is 1.00 bits per heavy atom. The van der Waals surface area contributed by atoms with E-state index in [2.05, 4.69) is 30.3 Å². The summed E-state index contributed by atoms with van der Waals surface area (Å²) in [5.74, 6) is 0. The van der Waals surface area contributed by atoms with Crippen molar-refractivity contribution in [2.75, 3.05) is 6.54 Å². The van der Waals surface area contributed by atoms with Crippen molar-refractivity contribution in [3.05, 3.63) is 35.9 Å². The Labute approximate surface area is 91.7 Å². The molecule has 0 spiro atoms. The number of nitrogens with two attached hydrogens (primary N) is 1. The molecule has 15 heavy (non-hydrogen) atoms. The fraction of sp³-hybridized carbons (Fsp3) is 0.571. The lowest BCUT2D eigenvalue weighted by atomic mass is 9.77. The summed E-state index contributed by atoms with van der Waals surface area (Å²) >= 11 is 0. The summed E-state index contributed by atoms with van der Waals surface area (Å²) in [6.07, 6.45) is 6.80. The number of hydrogen-bond donors (Lipinski definition) is 1. The summed E-state index contributed by atoms with van der Waals surface area (Å²) in [4.78, 5) is 0. The van der Waals surface area contributed by atoms with Gasteiger partial charge in [-0.25, -0.2) is 0 Å². The van der Waals surface area contributed by atoms with Gasteiger partial charge in [0.05, 0.1) is 0 Å². The van der Waals surface area contributed by atoms with E-state index in [9.17, 15) is 0 Å². The van der Waals surface area contributed by atoms with Crippen LogP contribution >= 0.6 is 0 Å². The third kappa shape index (κ3) is 1.26. The van der Waals surface area contributed by atoms with E-state index in [1.165, 1.54) is 32.1 Å². The molecule has 2 fully saturated rings. The highest BCUT2D eigenvalue weighted by atomic mass is 14.7. The molecule has 0 radical (unpaired) electrons. The quantitative estimate of drug-likeness (QED) is 0.796. The molecule has 1 aromatic rings. The Kier molecular flexibility index (Phi) is 1.93. The Balaban J connectivity index is 1.92. The van der Waals surface area contributed by atoms with Gasteiger partial charge in [0.1, 0.15) is 0 Å². The van der Waals surface area contributed by atoms with Crippen molar-refractivity contribution in [2.24, 2.45) is 11.1 Å². The first kappa shape index (κ1) is 9.41. The summed E-state index contributed by atoms with van der Waals surface area (Å²) in [6.45, 7) is 0.856. The minimum atomic E-state index is 0.521. The van der Waals surface area contributed by atoms with Crippen LogP contribution in [-0.4, -0.2) is 6.54 Å². The van der Waals surface area contributed by atoms with Gasteiger partial charge in [0.25, 0.3) is 0 Å². The third-order valence-corrected chi connectivity index (χ3v) is 4.57. The fourth-order valence-electron chi connectivity index (χ4n) is 3.40. The molecule has 80 valence electrons. The molecule has 0 aromatic heterocycles. The van der Waals surface area contributed by atoms with Gasteiger partial charge in [-0.2, -0.15) is 0 Å². The van der Waals surface area contributed by atoms with Gasteiger partial charge in [-0.3, -0.25) is 0 Å². The van der Waals surface area contributed by atoms with Gasteiger partial charge in [-0.15, -0.1) is 0 Å². The van der Waals surface area contributed by atoms with Crippen molar-refractivity contribution in [3.8, 4) is 0 Å². The molecule has 1 heteroatoms. The largest absolute Gasteiger partial charge is 0.330 e. The van der Waals surface area contributed by atoms with E-state index in [0.717, 1.165) is 6.54 Å². The molecule has 2 aliphatic carbocycles. The van der Waals surface area contributed by atoms with Gasteiger partial charge in [0.2, 0.25) is 0 Å². The van der Waals surface area contributed by atoms with Crippen LogP contribution in [0.4, 0.5) is 0 Å². The SMILES string of the molecule is NCCC1(C2(c3ccccc3)CC2)CC1. The van der Waals surface area contributed by atoms with Crippen molar-refractivity contribution in [1.29, 1.82) is 0 Å². The molecule has 0 saturated heterocycles. The van der Waals surface area contributed by atoms with E-state index in [0.29, 0.717) is 10.8 Å². The molecule has 0 bridgehead atoms. The zero-order chi connectivity index (χ0) is 10.4. The maximum atomic E-state index is 5.76. The summed E-state index contributed by atoms with van der Waals surface area (Å²) in [7, 11) is 0. The predicted molar refractivity (Wildman–Crippen MR) is 62.7 cm³/mol. The molecule has 0 amide bonds. The van der Waals surface area contributed by atoms with Crippen LogP contribution in [0, 0.1) is 5.41 Å². The van der Waals surface area contributed by atoms with Crippen LogP contribution in [0.1, 0.15) is 37.7 Å². The second-order valence-electron chi connectivity index (χ2n) is 5.27. The number of rotatable bonds is 4. The van der Waals surface area contributed by atoms with Crippen LogP contribution < -0.4 is 5.73 Å². The molecule has 0 heterocycles. The summed E-state index contributed by atoms with van der Waals surface area (Å²) in [5, 5.41) is 0. The number of benzene rings is 1. The van der Waals surface area contributed by atoms with Crippen molar-refractivity contribution < 1.29 is 0 Å². The first-order valence-electron chi connectivity index (χ1n) is 6.09. The van der Waals surface area contributed by atoms with Crippen LogP contribution in [0.5, 0.6) is 0 Å². The zero-order valence-electron chi connectivity index (χ0n) is 9.21. The lowest BCUT2D eigenvalue weighted by Crippen LogP contribution is -2.24. The van der Waals surface area contributed by atoms with Gasteiger partial charge in [0.15, 0.2) is 0 Å². The highest BCUT2D eigenvalue weighted by Crippen LogP contribution is 2.72. The Morgan fingerprint density at radius 3 is 2.13 bits per heavy atom. The first-order chi connectivity index (χ1) is 7.33. The van der Waals surface area contributed by atoms with Crippen LogP contribution in [0.2, 0.25) is 0 Å². The number of hydrogen-bond acceptors (Lipinski definition) is 1.